The summed E-state index contributed by atoms with van der Waals surface area (Å²) in [5, 5.41) is 14.6. The van der Waals surface area contributed by atoms with Gasteiger partial charge in [0.15, 0.2) is 22.5 Å². The van der Waals surface area contributed by atoms with Gasteiger partial charge in [0.05, 0.1) is 12.3 Å². The fraction of sp³-hybridized carbons (Fsp3) is 0.273. The molecule has 0 radical (unpaired) electrons. The van der Waals surface area contributed by atoms with Crippen molar-refractivity contribution in [1.29, 1.82) is 0 Å². The Labute approximate surface area is 189 Å². The van der Waals surface area contributed by atoms with E-state index in [2.05, 4.69) is 20.8 Å². The predicted molar refractivity (Wildman–Crippen MR) is 120 cm³/mol. The molecule has 2 N–H and O–H groups in total. The van der Waals surface area contributed by atoms with Gasteiger partial charge in [-0.05, 0) is 43.2 Å². The fourth-order valence-electron chi connectivity index (χ4n) is 3.24. The van der Waals surface area contributed by atoms with Crippen molar-refractivity contribution in [3.63, 3.8) is 0 Å². The average molecular weight is 454 g/mol. The van der Waals surface area contributed by atoms with Crippen molar-refractivity contribution in [2.45, 2.75) is 25.5 Å². The highest BCUT2D eigenvalue weighted by atomic mass is 32.2. The van der Waals surface area contributed by atoms with E-state index in [1.807, 2.05) is 32.0 Å². The third kappa shape index (κ3) is 4.70. The number of amides is 2. The van der Waals surface area contributed by atoms with Crippen LogP contribution in [0.2, 0.25) is 0 Å². The van der Waals surface area contributed by atoms with E-state index < -0.39 is 0 Å². The molecule has 2 heterocycles. The number of carbonyl (C=O) groups is 2. The van der Waals surface area contributed by atoms with Gasteiger partial charge in [-0.3, -0.25) is 9.59 Å². The number of aromatic nitrogens is 3. The van der Waals surface area contributed by atoms with E-state index in [4.69, 9.17) is 9.47 Å². The molecular formula is C22H23N5O4S. The lowest BCUT2D eigenvalue weighted by Gasteiger charge is -2.11. The Balaban J connectivity index is 1.31. The van der Waals surface area contributed by atoms with Crippen molar-refractivity contribution in [3.8, 4) is 11.5 Å². The zero-order valence-corrected chi connectivity index (χ0v) is 18.8. The van der Waals surface area contributed by atoms with E-state index in [1.54, 1.807) is 29.8 Å². The molecule has 0 bridgehead atoms. The number of aryl methyl sites for hydroxylation is 2. The molecule has 2 amide bonds. The van der Waals surface area contributed by atoms with Crippen molar-refractivity contribution in [2.24, 2.45) is 7.05 Å². The molecule has 10 heteroatoms. The number of carbonyl (C=O) groups excluding carboxylic acids is 2. The Kier molecular flexibility index (Phi) is 6.31. The summed E-state index contributed by atoms with van der Waals surface area (Å²) in [5.41, 5.74) is 3.34. The molecule has 166 valence electrons. The molecule has 9 nitrogen and oxygen atoms in total. The molecule has 0 saturated heterocycles. The topological polar surface area (TPSA) is 107 Å². The molecule has 1 aromatic heterocycles. The standard InChI is InChI=1S/C22H23N5O4S/c1-13-5-4-6-14(2)20(13)24-19(28)11-32-22-26-25-18(27(22)3)10-23-21(29)15-7-8-16-17(9-15)31-12-30-16/h4-9H,10-12H2,1-3H3,(H,23,29)(H,24,28). The quantitative estimate of drug-likeness (QED) is 0.530. The number of fused-ring (bicyclic) bond motifs is 1. The summed E-state index contributed by atoms with van der Waals surface area (Å²) in [5.74, 6) is 1.58. The first-order chi connectivity index (χ1) is 15.4. The van der Waals surface area contributed by atoms with Crippen LogP contribution in [0.5, 0.6) is 11.5 Å². The van der Waals surface area contributed by atoms with Crippen molar-refractivity contribution < 1.29 is 19.1 Å². The summed E-state index contributed by atoms with van der Waals surface area (Å²) >= 11 is 1.29. The minimum atomic E-state index is -0.256. The molecule has 0 aliphatic carbocycles. The number of benzene rings is 2. The van der Waals surface area contributed by atoms with Crippen LogP contribution in [0.25, 0.3) is 0 Å². The summed E-state index contributed by atoms with van der Waals surface area (Å²) in [6.45, 7) is 4.28. The molecule has 0 unspecified atom stereocenters. The Morgan fingerprint density at radius 2 is 1.84 bits per heavy atom. The number of nitrogens with one attached hydrogen (secondary N) is 2. The van der Waals surface area contributed by atoms with Gasteiger partial charge in [0.1, 0.15) is 0 Å². The Hall–Kier alpha value is -3.53. The summed E-state index contributed by atoms with van der Waals surface area (Å²) in [4.78, 5) is 24.9. The summed E-state index contributed by atoms with van der Waals surface area (Å²) in [6, 6.07) is 10.9. The van der Waals surface area contributed by atoms with Crippen molar-refractivity contribution in [1.82, 2.24) is 20.1 Å². The maximum absolute atomic E-state index is 12.5. The number of ether oxygens (including phenoxy) is 2. The van der Waals surface area contributed by atoms with Gasteiger partial charge in [-0.2, -0.15) is 0 Å². The smallest absolute Gasteiger partial charge is 0.251 e. The number of nitrogens with zero attached hydrogens (tertiary/aromatic N) is 3. The number of hydrogen-bond donors (Lipinski definition) is 2. The minimum Gasteiger partial charge on any atom is -0.454 e. The highest BCUT2D eigenvalue weighted by Crippen LogP contribution is 2.32. The van der Waals surface area contributed by atoms with Gasteiger partial charge >= 0.3 is 0 Å². The van der Waals surface area contributed by atoms with Gasteiger partial charge < -0.3 is 24.7 Å². The molecule has 4 rings (SSSR count). The first kappa shape index (κ1) is 21.7. The van der Waals surface area contributed by atoms with Crippen LogP contribution in [0.4, 0.5) is 5.69 Å². The lowest BCUT2D eigenvalue weighted by Crippen LogP contribution is -2.24. The van der Waals surface area contributed by atoms with Crippen molar-refractivity contribution in [2.75, 3.05) is 17.9 Å². The van der Waals surface area contributed by atoms with Crippen LogP contribution < -0.4 is 20.1 Å². The molecule has 32 heavy (non-hydrogen) atoms. The lowest BCUT2D eigenvalue weighted by molar-refractivity contribution is -0.113. The van der Waals surface area contributed by atoms with Gasteiger partial charge in [-0.1, -0.05) is 30.0 Å². The Morgan fingerprint density at radius 1 is 1.09 bits per heavy atom. The highest BCUT2D eigenvalue weighted by Gasteiger charge is 2.17. The van der Waals surface area contributed by atoms with Crippen molar-refractivity contribution >= 4 is 29.3 Å². The molecule has 1 aliphatic heterocycles. The zero-order chi connectivity index (χ0) is 22.7. The van der Waals surface area contributed by atoms with E-state index in [0.29, 0.717) is 28.0 Å². The third-order valence-corrected chi connectivity index (χ3v) is 6.07. The number of anilines is 1. The van der Waals surface area contributed by atoms with Gasteiger partial charge in [0, 0.05) is 18.3 Å². The molecular weight excluding hydrogens is 430 g/mol. The number of rotatable bonds is 7. The van der Waals surface area contributed by atoms with Crippen LogP contribution in [-0.2, 0) is 18.4 Å². The SMILES string of the molecule is Cc1cccc(C)c1NC(=O)CSc1nnc(CNC(=O)c2ccc3c(c2)OCO3)n1C. The highest BCUT2D eigenvalue weighted by molar-refractivity contribution is 7.99. The van der Waals surface area contributed by atoms with Gasteiger partial charge in [0.2, 0.25) is 12.7 Å². The largest absolute Gasteiger partial charge is 0.454 e. The van der Waals surface area contributed by atoms with Gasteiger partial charge in [-0.15, -0.1) is 10.2 Å². The second kappa shape index (κ2) is 9.31. The Bertz CT molecular complexity index is 1160. The molecule has 0 spiro atoms. The summed E-state index contributed by atoms with van der Waals surface area (Å²) in [7, 11) is 1.80. The van der Waals surface area contributed by atoms with E-state index in [-0.39, 0.29) is 30.9 Å². The van der Waals surface area contributed by atoms with E-state index in [9.17, 15) is 9.59 Å². The second-order valence-corrected chi connectivity index (χ2v) is 8.25. The van der Waals surface area contributed by atoms with E-state index in [0.717, 1.165) is 16.8 Å². The van der Waals surface area contributed by atoms with E-state index >= 15 is 0 Å². The van der Waals surface area contributed by atoms with Crippen LogP contribution in [0.1, 0.15) is 27.3 Å². The molecule has 3 aromatic rings. The van der Waals surface area contributed by atoms with Crippen LogP contribution in [-0.4, -0.2) is 39.1 Å². The maximum atomic E-state index is 12.5. The normalized spacial score (nSPS) is 12.0. The number of hydrogen-bond acceptors (Lipinski definition) is 7. The number of thioether (sulfide) groups is 1. The summed E-state index contributed by atoms with van der Waals surface area (Å²) < 4.78 is 12.3. The third-order valence-electron chi connectivity index (χ3n) is 5.04. The first-order valence-electron chi connectivity index (χ1n) is 9.97. The van der Waals surface area contributed by atoms with Crippen molar-refractivity contribution in [3.05, 3.63) is 58.9 Å². The van der Waals surface area contributed by atoms with E-state index in [1.165, 1.54) is 11.8 Å². The van der Waals surface area contributed by atoms with Crippen LogP contribution in [0, 0.1) is 13.8 Å². The Morgan fingerprint density at radius 3 is 2.62 bits per heavy atom. The molecule has 0 saturated carbocycles. The van der Waals surface area contributed by atoms with Crippen LogP contribution in [0.15, 0.2) is 41.6 Å². The second-order valence-electron chi connectivity index (χ2n) is 7.31. The van der Waals surface area contributed by atoms with Gasteiger partial charge in [-0.25, -0.2) is 0 Å². The predicted octanol–water partition coefficient (Wildman–Crippen LogP) is 2.82. The molecule has 1 aliphatic rings. The molecule has 2 aromatic carbocycles. The van der Waals surface area contributed by atoms with Crippen LogP contribution >= 0.6 is 11.8 Å². The molecule has 0 atom stereocenters. The first-order valence-corrected chi connectivity index (χ1v) is 11.0. The monoisotopic (exact) mass is 453 g/mol. The lowest BCUT2D eigenvalue weighted by atomic mass is 10.1. The minimum absolute atomic E-state index is 0.118. The van der Waals surface area contributed by atoms with Gasteiger partial charge in [0.25, 0.3) is 5.91 Å². The zero-order valence-electron chi connectivity index (χ0n) is 18.0. The van der Waals surface area contributed by atoms with Crippen LogP contribution in [0.3, 0.4) is 0 Å². The average Bonchev–Trinajstić information content (AvgIpc) is 3.39. The fourth-order valence-corrected chi connectivity index (χ4v) is 3.97. The molecule has 0 fully saturated rings. The maximum Gasteiger partial charge on any atom is 0.251 e. The number of para-hydroxylation sites is 1. The summed E-state index contributed by atoms with van der Waals surface area (Å²) in [6.07, 6.45) is 0.